The molecule has 0 aliphatic heterocycles. The van der Waals surface area contributed by atoms with Crippen LogP contribution in [-0.4, -0.2) is 16.5 Å². The SMILES string of the molecule is CCCCCC(C)(C)CNCc1ncccn1. The molecule has 1 heterocycles. The van der Waals surface area contributed by atoms with Crippen LogP contribution in [0.25, 0.3) is 0 Å². The van der Waals surface area contributed by atoms with Crippen molar-refractivity contribution < 1.29 is 0 Å². The fourth-order valence-electron chi connectivity index (χ4n) is 1.88. The summed E-state index contributed by atoms with van der Waals surface area (Å²) in [5.74, 6) is 0.872. The lowest BCUT2D eigenvalue weighted by molar-refractivity contribution is 0.301. The molecule has 96 valence electrons. The minimum absolute atomic E-state index is 0.365. The number of hydrogen-bond acceptors (Lipinski definition) is 3. The van der Waals surface area contributed by atoms with Gasteiger partial charge in [-0.05, 0) is 17.9 Å². The molecule has 1 N–H and O–H groups in total. The van der Waals surface area contributed by atoms with Gasteiger partial charge < -0.3 is 5.32 Å². The van der Waals surface area contributed by atoms with Crippen LogP contribution in [-0.2, 0) is 6.54 Å². The Labute approximate surface area is 105 Å². The van der Waals surface area contributed by atoms with Gasteiger partial charge in [-0.1, -0.05) is 40.0 Å². The quantitative estimate of drug-likeness (QED) is 0.703. The van der Waals surface area contributed by atoms with Gasteiger partial charge in [-0.3, -0.25) is 0 Å². The van der Waals surface area contributed by atoms with Crippen LogP contribution in [0.1, 0.15) is 52.3 Å². The number of hydrogen-bond donors (Lipinski definition) is 1. The topological polar surface area (TPSA) is 37.8 Å². The van der Waals surface area contributed by atoms with Gasteiger partial charge in [0.25, 0.3) is 0 Å². The molecule has 3 heteroatoms. The van der Waals surface area contributed by atoms with Gasteiger partial charge in [0.1, 0.15) is 5.82 Å². The lowest BCUT2D eigenvalue weighted by Crippen LogP contribution is -2.29. The molecule has 0 atom stereocenters. The third-order valence-electron chi connectivity index (χ3n) is 2.96. The Kier molecular flexibility index (Phi) is 6.12. The van der Waals surface area contributed by atoms with Crippen molar-refractivity contribution in [2.24, 2.45) is 5.41 Å². The van der Waals surface area contributed by atoms with Crippen LogP contribution >= 0.6 is 0 Å². The lowest BCUT2D eigenvalue weighted by Gasteiger charge is -2.24. The van der Waals surface area contributed by atoms with Crippen LogP contribution in [0.5, 0.6) is 0 Å². The number of rotatable bonds is 8. The van der Waals surface area contributed by atoms with Crippen molar-refractivity contribution in [2.45, 2.75) is 53.0 Å². The first-order valence-electron chi connectivity index (χ1n) is 6.61. The Bertz CT molecular complexity index is 296. The maximum Gasteiger partial charge on any atom is 0.141 e. The van der Waals surface area contributed by atoms with E-state index in [9.17, 15) is 0 Å². The highest BCUT2D eigenvalue weighted by atomic mass is 15.0. The second-order valence-electron chi connectivity index (χ2n) is 5.39. The molecule has 0 saturated carbocycles. The number of nitrogens with zero attached hydrogens (tertiary/aromatic N) is 2. The largest absolute Gasteiger partial charge is 0.309 e. The minimum Gasteiger partial charge on any atom is -0.309 e. The Morgan fingerprint density at radius 3 is 2.53 bits per heavy atom. The number of unbranched alkanes of at least 4 members (excludes halogenated alkanes) is 2. The summed E-state index contributed by atoms with van der Waals surface area (Å²) in [7, 11) is 0. The fraction of sp³-hybridized carbons (Fsp3) is 0.714. The maximum atomic E-state index is 4.20. The van der Waals surface area contributed by atoms with Gasteiger partial charge in [-0.25, -0.2) is 9.97 Å². The standard InChI is InChI=1S/C14H25N3/c1-4-5-6-8-14(2,3)12-15-11-13-16-9-7-10-17-13/h7,9-10,15H,4-6,8,11-12H2,1-3H3. The summed E-state index contributed by atoms with van der Waals surface area (Å²) in [4.78, 5) is 8.40. The molecule has 0 radical (unpaired) electrons. The number of nitrogens with one attached hydrogen (secondary N) is 1. The van der Waals surface area contributed by atoms with Gasteiger partial charge >= 0.3 is 0 Å². The third-order valence-corrected chi connectivity index (χ3v) is 2.96. The van der Waals surface area contributed by atoms with E-state index in [2.05, 4.69) is 36.1 Å². The van der Waals surface area contributed by atoms with Crippen molar-refractivity contribution in [1.82, 2.24) is 15.3 Å². The molecule has 0 saturated heterocycles. The van der Waals surface area contributed by atoms with Gasteiger partial charge in [0.15, 0.2) is 0 Å². The molecule has 1 aromatic heterocycles. The average Bonchev–Trinajstić information content (AvgIpc) is 2.30. The Morgan fingerprint density at radius 1 is 1.18 bits per heavy atom. The lowest BCUT2D eigenvalue weighted by atomic mass is 9.87. The van der Waals surface area contributed by atoms with E-state index in [0.29, 0.717) is 5.41 Å². The maximum absolute atomic E-state index is 4.20. The van der Waals surface area contributed by atoms with Gasteiger partial charge in [0.2, 0.25) is 0 Å². The molecule has 0 fully saturated rings. The zero-order valence-electron chi connectivity index (χ0n) is 11.4. The molecule has 0 aliphatic rings. The van der Waals surface area contributed by atoms with Gasteiger partial charge in [-0.15, -0.1) is 0 Å². The second kappa shape index (κ2) is 7.38. The predicted molar refractivity (Wildman–Crippen MR) is 71.7 cm³/mol. The summed E-state index contributed by atoms with van der Waals surface area (Å²) in [6.07, 6.45) is 8.82. The molecule has 3 nitrogen and oxygen atoms in total. The van der Waals surface area contributed by atoms with Gasteiger partial charge in [0, 0.05) is 18.9 Å². The van der Waals surface area contributed by atoms with Crippen LogP contribution in [0.3, 0.4) is 0 Å². The summed E-state index contributed by atoms with van der Waals surface area (Å²) in [5.41, 5.74) is 0.365. The van der Waals surface area contributed by atoms with Gasteiger partial charge in [-0.2, -0.15) is 0 Å². The first kappa shape index (κ1) is 14.1. The first-order chi connectivity index (χ1) is 8.14. The Hall–Kier alpha value is -0.960. The van der Waals surface area contributed by atoms with Crippen LogP contribution in [0.4, 0.5) is 0 Å². The summed E-state index contributed by atoms with van der Waals surface area (Å²) in [6, 6.07) is 1.85. The van der Waals surface area contributed by atoms with Crippen molar-refractivity contribution in [3.8, 4) is 0 Å². The third kappa shape index (κ3) is 6.37. The van der Waals surface area contributed by atoms with E-state index in [1.54, 1.807) is 12.4 Å². The molecule has 0 amide bonds. The van der Waals surface area contributed by atoms with E-state index in [0.717, 1.165) is 18.9 Å². The molecule has 0 spiro atoms. The van der Waals surface area contributed by atoms with Crippen molar-refractivity contribution in [2.75, 3.05) is 6.54 Å². The monoisotopic (exact) mass is 235 g/mol. The molecule has 1 aromatic rings. The summed E-state index contributed by atoms with van der Waals surface area (Å²) >= 11 is 0. The fourth-order valence-corrected chi connectivity index (χ4v) is 1.88. The van der Waals surface area contributed by atoms with Crippen LogP contribution in [0, 0.1) is 5.41 Å². The molecule has 0 unspecified atom stereocenters. The summed E-state index contributed by atoms with van der Waals surface area (Å²) in [6.45, 7) is 8.67. The highest BCUT2D eigenvalue weighted by Crippen LogP contribution is 2.22. The second-order valence-corrected chi connectivity index (χ2v) is 5.39. The highest BCUT2D eigenvalue weighted by Gasteiger charge is 2.16. The van der Waals surface area contributed by atoms with E-state index in [1.807, 2.05) is 6.07 Å². The van der Waals surface area contributed by atoms with Gasteiger partial charge in [0.05, 0.1) is 6.54 Å². The zero-order chi connectivity index (χ0) is 12.6. The highest BCUT2D eigenvalue weighted by molar-refractivity contribution is 4.88. The molecule has 0 aromatic carbocycles. The van der Waals surface area contributed by atoms with Crippen molar-refractivity contribution in [3.63, 3.8) is 0 Å². The summed E-state index contributed by atoms with van der Waals surface area (Å²) < 4.78 is 0. The van der Waals surface area contributed by atoms with E-state index >= 15 is 0 Å². The molecule has 1 rings (SSSR count). The molecule has 0 bridgehead atoms. The number of aromatic nitrogens is 2. The van der Waals surface area contributed by atoms with Crippen molar-refractivity contribution in [3.05, 3.63) is 24.3 Å². The molecule has 0 aliphatic carbocycles. The Morgan fingerprint density at radius 2 is 1.88 bits per heavy atom. The Balaban J connectivity index is 2.20. The van der Waals surface area contributed by atoms with Crippen LogP contribution < -0.4 is 5.32 Å². The van der Waals surface area contributed by atoms with E-state index < -0.39 is 0 Å². The molecular formula is C14H25N3. The van der Waals surface area contributed by atoms with E-state index in [1.165, 1.54) is 25.7 Å². The smallest absolute Gasteiger partial charge is 0.141 e. The molecular weight excluding hydrogens is 210 g/mol. The van der Waals surface area contributed by atoms with Crippen LogP contribution in [0.2, 0.25) is 0 Å². The van der Waals surface area contributed by atoms with E-state index in [-0.39, 0.29) is 0 Å². The predicted octanol–water partition coefficient (Wildman–Crippen LogP) is 3.17. The van der Waals surface area contributed by atoms with Crippen LogP contribution in [0.15, 0.2) is 18.5 Å². The van der Waals surface area contributed by atoms with Crippen molar-refractivity contribution >= 4 is 0 Å². The first-order valence-corrected chi connectivity index (χ1v) is 6.61. The molecule has 17 heavy (non-hydrogen) atoms. The zero-order valence-corrected chi connectivity index (χ0v) is 11.4. The minimum atomic E-state index is 0.365. The van der Waals surface area contributed by atoms with Crippen molar-refractivity contribution in [1.29, 1.82) is 0 Å². The average molecular weight is 235 g/mol. The van der Waals surface area contributed by atoms with E-state index in [4.69, 9.17) is 0 Å². The summed E-state index contributed by atoms with van der Waals surface area (Å²) in [5, 5.41) is 3.44. The normalized spacial score (nSPS) is 11.7.